The Kier molecular flexibility index (Phi) is 7.08. The highest BCUT2D eigenvalue weighted by Crippen LogP contribution is 2.22. The summed E-state index contributed by atoms with van der Waals surface area (Å²) in [5, 5.41) is 3.32. The molecule has 0 aliphatic carbocycles. The summed E-state index contributed by atoms with van der Waals surface area (Å²) in [6.45, 7) is 2.91. The summed E-state index contributed by atoms with van der Waals surface area (Å²) in [6, 6.07) is 3.58. The molecule has 1 heterocycles. The van der Waals surface area contributed by atoms with Gasteiger partial charge in [0.05, 0.1) is 13.0 Å². The molecule has 0 bridgehead atoms. The maximum atomic E-state index is 12.8. The second kappa shape index (κ2) is 9.06. The van der Waals surface area contributed by atoms with Crippen LogP contribution < -0.4 is 5.32 Å². The molecule has 1 aliphatic rings. The number of nitrogens with zero attached hydrogens (tertiary/aromatic N) is 1. The van der Waals surface area contributed by atoms with Gasteiger partial charge in [0, 0.05) is 28.7 Å². The Labute approximate surface area is 156 Å². The Hall–Kier alpha value is -1.79. The third-order valence-corrected chi connectivity index (χ3v) is 4.26. The van der Waals surface area contributed by atoms with E-state index in [1.165, 1.54) is 23.1 Å². The molecule has 1 saturated heterocycles. The number of unbranched alkanes of at least 4 members (excludes halogenated alkanes) is 1. The molecule has 1 fully saturated rings. The fraction of sp³-hybridized carbons (Fsp3) is 0.471. The number of halogens is 2. The minimum atomic E-state index is -0.909. The zero-order valence-corrected chi connectivity index (χ0v) is 15.4. The number of benzene rings is 1. The fourth-order valence-electron chi connectivity index (χ4n) is 2.55. The molecule has 2 rings (SSSR count). The zero-order valence-electron chi connectivity index (χ0n) is 13.9. The Morgan fingerprint density at radius 1 is 1.28 bits per heavy atom. The SMILES string of the molecule is CCCCOC(=O)CC1C(=O)NCCN1C(=O)c1cc(Cl)cc(Cl)c1. The van der Waals surface area contributed by atoms with Crippen LogP contribution in [0.15, 0.2) is 18.2 Å². The predicted molar refractivity (Wildman–Crippen MR) is 94.8 cm³/mol. The zero-order chi connectivity index (χ0) is 18.4. The second-order valence-corrected chi connectivity index (χ2v) is 6.61. The molecule has 6 nitrogen and oxygen atoms in total. The topological polar surface area (TPSA) is 75.7 Å². The summed E-state index contributed by atoms with van der Waals surface area (Å²) >= 11 is 11.9. The van der Waals surface area contributed by atoms with Crippen LogP contribution >= 0.6 is 23.2 Å². The fourth-order valence-corrected chi connectivity index (χ4v) is 3.08. The first-order chi connectivity index (χ1) is 11.9. The molecule has 1 unspecified atom stereocenters. The minimum Gasteiger partial charge on any atom is -0.466 e. The van der Waals surface area contributed by atoms with Crippen LogP contribution in [-0.4, -0.2) is 48.4 Å². The quantitative estimate of drug-likeness (QED) is 0.602. The number of hydrogen-bond donors (Lipinski definition) is 1. The van der Waals surface area contributed by atoms with Gasteiger partial charge in [-0.25, -0.2) is 0 Å². The Morgan fingerprint density at radius 3 is 2.60 bits per heavy atom. The van der Waals surface area contributed by atoms with E-state index in [1.807, 2.05) is 6.92 Å². The van der Waals surface area contributed by atoms with Crippen molar-refractivity contribution in [3.8, 4) is 0 Å². The molecule has 0 radical (unpaired) electrons. The van der Waals surface area contributed by atoms with Gasteiger partial charge in [-0.2, -0.15) is 0 Å². The first-order valence-corrected chi connectivity index (χ1v) is 8.88. The van der Waals surface area contributed by atoms with E-state index < -0.39 is 17.9 Å². The molecule has 8 heteroatoms. The lowest BCUT2D eigenvalue weighted by molar-refractivity contribution is -0.147. The Bertz CT molecular complexity index is 646. The third kappa shape index (κ3) is 5.34. The van der Waals surface area contributed by atoms with E-state index in [1.54, 1.807) is 0 Å². The number of rotatable bonds is 6. The van der Waals surface area contributed by atoms with E-state index in [2.05, 4.69) is 5.32 Å². The molecule has 1 N–H and O–H groups in total. The minimum absolute atomic E-state index is 0.185. The van der Waals surface area contributed by atoms with Crippen molar-refractivity contribution in [2.24, 2.45) is 0 Å². The van der Waals surface area contributed by atoms with Crippen LogP contribution in [0, 0.1) is 0 Å². The number of amides is 2. The van der Waals surface area contributed by atoms with Crippen LogP contribution in [0.5, 0.6) is 0 Å². The maximum Gasteiger partial charge on any atom is 0.308 e. The van der Waals surface area contributed by atoms with Crippen molar-refractivity contribution >= 4 is 41.0 Å². The molecular weight excluding hydrogens is 367 g/mol. The van der Waals surface area contributed by atoms with Crippen LogP contribution in [0.2, 0.25) is 10.0 Å². The predicted octanol–water partition coefficient (Wildman–Crippen LogP) is 2.67. The van der Waals surface area contributed by atoms with Gasteiger partial charge in [-0.3, -0.25) is 14.4 Å². The van der Waals surface area contributed by atoms with Crippen LogP contribution in [0.25, 0.3) is 0 Å². The standard InChI is InChI=1S/C17H20Cl2N2O4/c1-2-3-6-25-15(22)10-14-16(23)20-4-5-21(14)17(24)11-7-12(18)9-13(19)8-11/h7-9,14H,2-6,10H2,1H3,(H,20,23). The first-order valence-electron chi connectivity index (χ1n) is 8.12. The molecule has 0 saturated carbocycles. The van der Waals surface area contributed by atoms with Crippen molar-refractivity contribution in [1.82, 2.24) is 10.2 Å². The van der Waals surface area contributed by atoms with E-state index in [0.717, 1.165) is 12.8 Å². The first kappa shape index (κ1) is 19.5. The monoisotopic (exact) mass is 386 g/mol. The molecule has 2 amide bonds. The lowest BCUT2D eigenvalue weighted by Crippen LogP contribution is -2.57. The lowest BCUT2D eigenvalue weighted by Gasteiger charge is -2.34. The van der Waals surface area contributed by atoms with Crippen molar-refractivity contribution < 1.29 is 19.1 Å². The van der Waals surface area contributed by atoms with Crippen molar-refractivity contribution in [2.75, 3.05) is 19.7 Å². The van der Waals surface area contributed by atoms with Gasteiger partial charge in [0.25, 0.3) is 5.91 Å². The number of esters is 1. The highest BCUT2D eigenvalue weighted by molar-refractivity contribution is 6.35. The highest BCUT2D eigenvalue weighted by atomic mass is 35.5. The Morgan fingerprint density at radius 2 is 1.96 bits per heavy atom. The largest absolute Gasteiger partial charge is 0.466 e. The second-order valence-electron chi connectivity index (χ2n) is 5.74. The van der Waals surface area contributed by atoms with Gasteiger partial charge in [-0.05, 0) is 24.6 Å². The average Bonchev–Trinajstić information content (AvgIpc) is 2.55. The van der Waals surface area contributed by atoms with Crippen molar-refractivity contribution in [3.05, 3.63) is 33.8 Å². The summed E-state index contributed by atoms with van der Waals surface area (Å²) in [5.41, 5.74) is 0.275. The molecule has 1 aromatic carbocycles. The van der Waals surface area contributed by atoms with Gasteiger partial charge in [0.1, 0.15) is 6.04 Å². The van der Waals surface area contributed by atoms with Crippen LogP contribution in [0.4, 0.5) is 0 Å². The van der Waals surface area contributed by atoms with Gasteiger partial charge in [-0.15, -0.1) is 0 Å². The van der Waals surface area contributed by atoms with E-state index in [4.69, 9.17) is 27.9 Å². The summed E-state index contributed by atoms with van der Waals surface area (Å²) in [7, 11) is 0. The summed E-state index contributed by atoms with van der Waals surface area (Å²) in [4.78, 5) is 38.3. The smallest absolute Gasteiger partial charge is 0.308 e. The van der Waals surface area contributed by atoms with E-state index in [9.17, 15) is 14.4 Å². The van der Waals surface area contributed by atoms with Gasteiger partial charge >= 0.3 is 5.97 Å². The third-order valence-electron chi connectivity index (χ3n) is 3.82. The van der Waals surface area contributed by atoms with Crippen molar-refractivity contribution in [2.45, 2.75) is 32.2 Å². The molecule has 0 spiro atoms. The van der Waals surface area contributed by atoms with E-state index in [0.29, 0.717) is 29.7 Å². The number of hydrogen-bond acceptors (Lipinski definition) is 4. The van der Waals surface area contributed by atoms with Crippen LogP contribution in [0.1, 0.15) is 36.5 Å². The maximum absolute atomic E-state index is 12.8. The summed E-state index contributed by atoms with van der Waals surface area (Å²) in [6.07, 6.45) is 1.47. The number of ether oxygens (including phenoxy) is 1. The average molecular weight is 387 g/mol. The van der Waals surface area contributed by atoms with Crippen molar-refractivity contribution in [1.29, 1.82) is 0 Å². The number of piperazine rings is 1. The number of nitrogens with one attached hydrogen (secondary N) is 1. The van der Waals surface area contributed by atoms with Gasteiger partial charge in [-0.1, -0.05) is 36.5 Å². The number of carbonyl (C=O) groups excluding carboxylic acids is 3. The van der Waals surface area contributed by atoms with Crippen LogP contribution in [-0.2, 0) is 14.3 Å². The van der Waals surface area contributed by atoms with E-state index in [-0.39, 0.29) is 17.9 Å². The summed E-state index contributed by atoms with van der Waals surface area (Å²) < 4.78 is 5.11. The normalized spacial score (nSPS) is 17.2. The number of carbonyl (C=O) groups is 3. The molecule has 1 aliphatic heterocycles. The van der Waals surface area contributed by atoms with Crippen LogP contribution in [0.3, 0.4) is 0 Å². The van der Waals surface area contributed by atoms with Crippen molar-refractivity contribution in [3.63, 3.8) is 0 Å². The van der Waals surface area contributed by atoms with Gasteiger partial charge < -0.3 is 15.0 Å². The molecular formula is C17H20Cl2N2O4. The molecule has 25 heavy (non-hydrogen) atoms. The molecule has 136 valence electrons. The molecule has 0 aromatic heterocycles. The lowest BCUT2D eigenvalue weighted by atomic mass is 10.1. The van der Waals surface area contributed by atoms with Gasteiger partial charge in [0.15, 0.2) is 0 Å². The highest BCUT2D eigenvalue weighted by Gasteiger charge is 2.35. The summed E-state index contributed by atoms with van der Waals surface area (Å²) in [5.74, 6) is -1.27. The Balaban J connectivity index is 2.13. The van der Waals surface area contributed by atoms with E-state index >= 15 is 0 Å². The molecule has 1 atom stereocenters. The molecule has 1 aromatic rings. The van der Waals surface area contributed by atoms with Gasteiger partial charge in [0.2, 0.25) is 5.91 Å².